The predicted molar refractivity (Wildman–Crippen MR) is 125 cm³/mol. The first-order chi connectivity index (χ1) is 15.0. The van der Waals surface area contributed by atoms with Gasteiger partial charge in [-0.05, 0) is 74.8 Å². The smallest absolute Gasteiger partial charge is 0.234 e. The third-order valence-electron chi connectivity index (χ3n) is 6.89. The molecule has 2 aromatic rings. The standard InChI is InChI=1S/C25H33N5O.H2/c1-18-12-21(22-6-5-20(13-26)25-23(22)4-3-9-27-25)16-30(15-18)17-24(31)28-14-19-7-10-29(2)11-8-19;/h3-6,9,18-19,21H,7-8,10-12,14-17H2,1-2H3,(H,28,31);1H/t18-,21-;/m1./s1. The first-order valence-corrected chi connectivity index (χ1v) is 11.5. The van der Waals surface area contributed by atoms with E-state index < -0.39 is 0 Å². The second-order valence-electron chi connectivity index (χ2n) is 9.50. The van der Waals surface area contributed by atoms with E-state index in [1.54, 1.807) is 6.20 Å². The third-order valence-corrected chi connectivity index (χ3v) is 6.89. The molecule has 31 heavy (non-hydrogen) atoms. The van der Waals surface area contributed by atoms with Gasteiger partial charge in [0.1, 0.15) is 6.07 Å². The third kappa shape index (κ3) is 5.23. The van der Waals surface area contributed by atoms with E-state index in [0.29, 0.717) is 29.9 Å². The molecule has 2 aliphatic rings. The summed E-state index contributed by atoms with van der Waals surface area (Å²) in [6.07, 6.45) is 5.17. The summed E-state index contributed by atoms with van der Waals surface area (Å²) in [6, 6.07) is 10.2. The number of rotatable bonds is 5. The van der Waals surface area contributed by atoms with Gasteiger partial charge in [-0.25, -0.2) is 0 Å². The molecule has 0 aliphatic carbocycles. The largest absolute Gasteiger partial charge is 0.355 e. The SMILES string of the molecule is C[C@@H]1C[C@@H](c2ccc(C#N)c3ncccc23)CN(CC(=O)NCC2CCN(C)CC2)C1.[HH]. The lowest BCUT2D eigenvalue weighted by Crippen LogP contribution is -2.45. The fourth-order valence-electron chi connectivity index (χ4n) is 5.24. The summed E-state index contributed by atoms with van der Waals surface area (Å²) < 4.78 is 0. The first kappa shape index (κ1) is 21.7. The Bertz CT molecular complexity index is 966. The number of pyridine rings is 1. The van der Waals surface area contributed by atoms with Crippen LogP contribution < -0.4 is 5.32 Å². The number of nitrogens with one attached hydrogen (secondary N) is 1. The Morgan fingerprint density at radius 2 is 2.10 bits per heavy atom. The van der Waals surface area contributed by atoms with Crippen molar-refractivity contribution in [3.63, 3.8) is 0 Å². The highest BCUT2D eigenvalue weighted by Gasteiger charge is 2.28. The van der Waals surface area contributed by atoms with Crippen molar-refractivity contribution in [2.45, 2.75) is 32.1 Å². The summed E-state index contributed by atoms with van der Waals surface area (Å²) in [5.41, 5.74) is 2.64. The molecule has 2 aliphatic heterocycles. The number of nitrogens with zero attached hydrogens (tertiary/aromatic N) is 4. The van der Waals surface area contributed by atoms with E-state index in [4.69, 9.17) is 0 Å². The van der Waals surface area contributed by atoms with Gasteiger partial charge in [0.25, 0.3) is 0 Å². The maximum atomic E-state index is 12.7. The number of hydrogen-bond donors (Lipinski definition) is 1. The van der Waals surface area contributed by atoms with Crippen LogP contribution in [0.15, 0.2) is 30.5 Å². The van der Waals surface area contributed by atoms with Crippen LogP contribution in [0, 0.1) is 23.2 Å². The summed E-state index contributed by atoms with van der Waals surface area (Å²) in [5, 5.41) is 13.7. The molecule has 2 fully saturated rings. The van der Waals surface area contributed by atoms with Gasteiger partial charge in [0.05, 0.1) is 17.6 Å². The van der Waals surface area contributed by atoms with Crippen molar-refractivity contribution < 1.29 is 6.22 Å². The molecule has 0 saturated carbocycles. The van der Waals surface area contributed by atoms with Crippen LogP contribution in [-0.4, -0.2) is 67.0 Å². The molecule has 0 unspecified atom stereocenters. The summed E-state index contributed by atoms with van der Waals surface area (Å²) >= 11 is 0. The molecule has 1 amide bonds. The number of carbonyl (C=O) groups is 1. The van der Waals surface area contributed by atoms with Crippen molar-refractivity contribution in [1.82, 2.24) is 20.1 Å². The normalized spacial score (nSPS) is 23.5. The van der Waals surface area contributed by atoms with Crippen molar-refractivity contribution in [1.29, 1.82) is 5.26 Å². The number of likely N-dealkylation sites (tertiary alicyclic amines) is 2. The number of hydrogen-bond acceptors (Lipinski definition) is 5. The van der Waals surface area contributed by atoms with Crippen molar-refractivity contribution >= 4 is 16.8 Å². The van der Waals surface area contributed by atoms with E-state index in [1.165, 1.54) is 18.4 Å². The van der Waals surface area contributed by atoms with E-state index in [-0.39, 0.29) is 7.33 Å². The molecule has 1 aromatic carbocycles. The number of piperidine rings is 2. The summed E-state index contributed by atoms with van der Waals surface area (Å²) in [7, 11) is 2.16. The molecule has 1 N–H and O–H groups in total. The maximum Gasteiger partial charge on any atom is 0.234 e. The topological polar surface area (TPSA) is 72.3 Å². The molecule has 0 spiro atoms. The molecule has 6 heteroatoms. The zero-order chi connectivity index (χ0) is 21.8. The number of amides is 1. The Hall–Kier alpha value is -2.49. The Labute approximate surface area is 186 Å². The van der Waals surface area contributed by atoms with E-state index in [2.05, 4.69) is 52.3 Å². The molecule has 6 nitrogen and oxygen atoms in total. The average Bonchev–Trinajstić information content (AvgIpc) is 2.77. The van der Waals surface area contributed by atoms with Crippen molar-refractivity contribution in [3.05, 3.63) is 41.6 Å². The van der Waals surface area contributed by atoms with Crippen LogP contribution in [-0.2, 0) is 4.79 Å². The van der Waals surface area contributed by atoms with Gasteiger partial charge in [-0.1, -0.05) is 19.1 Å². The van der Waals surface area contributed by atoms with Gasteiger partial charge >= 0.3 is 0 Å². The Balaban J connectivity index is 0.00000289. The zero-order valence-corrected chi connectivity index (χ0v) is 18.7. The van der Waals surface area contributed by atoms with E-state index in [1.807, 2.05) is 12.1 Å². The molecule has 0 radical (unpaired) electrons. The highest BCUT2D eigenvalue weighted by molar-refractivity contribution is 5.87. The lowest BCUT2D eigenvalue weighted by molar-refractivity contribution is -0.123. The molecule has 0 bridgehead atoms. The molecule has 4 rings (SSSR count). The van der Waals surface area contributed by atoms with Crippen LogP contribution in [0.2, 0.25) is 0 Å². The number of aromatic nitrogens is 1. The predicted octanol–water partition coefficient (Wildman–Crippen LogP) is 3.24. The van der Waals surface area contributed by atoms with Crippen LogP contribution in [0.1, 0.15) is 44.7 Å². The molecular weight excluding hydrogens is 386 g/mol. The zero-order valence-electron chi connectivity index (χ0n) is 18.7. The van der Waals surface area contributed by atoms with Gasteiger partial charge in [0, 0.05) is 32.6 Å². The molecule has 3 heterocycles. The summed E-state index contributed by atoms with van der Waals surface area (Å²) in [5.74, 6) is 1.59. The first-order valence-electron chi connectivity index (χ1n) is 11.5. The molecule has 166 valence electrons. The van der Waals surface area contributed by atoms with Crippen LogP contribution in [0.3, 0.4) is 0 Å². The van der Waals surface area contributed by atoms with Crippen molar-refractivity contribution in [3.8, 4) is 6.07 Å². The van der Waals surface area contributed by atoms with E-state index in [0.717, 1.165) is 50.0 Å². The fourth-order valence-corrected chi connectivity index (χ4v) is 5.24. The van der Waals surface area contributed by atoms with Crippen molar-refractivity contribution in [2.24, 2.45) is 11.8 Å². The molecule has 2 saturated heterocycles. The van der Waals surface area contributed by atoms with E-state index in [9.17, 15) is 10.1 Å². The van der Waals surface area contributed by atoms with Gasteiger partial charge in [-0.3, -0.25) is 14.7 Å². The van der Waals surface area contributed by atoms with Crippen LogP contribution in [0.4, 0.5) is 0 Å². The Kier molecular flexibility index (Phi) is 6.84. The Morgan fingerprint density at radius 3 is 2.87 bits per heavy atom. The second-order valence-corrected chi connectivity index (χ2v) is 9.50. The monoisotopic (exact) mass is 421 g/mol. The number of fused-ring (bicyclic) bond motifs is 1. The summed E-state index contributed by atoms with van der Waals surface area (Å²) in [4.78, 5) is 21.8. The summed E-state index contributed by atoms with van der Waals surface area (Å²) in [6.45, 7) is 7.58. The Morgan fingerprint density at radius 1 is 1.29 bits per heavy atom. The van der Waals surface area contributed by atoms with Gasteiger partial charge in [-0.2, -0.15) is 5.26 Å². The molecular formula is C25H35N5O. The maximum absolute atomic E-state index is 12.7. The average molecular weight is 422 g/mol. The minimum Gasteiger partial charge on any atom is -0.355 e. The van der Waals surface area contributed by atoms with Gasteiger partial charge in [-0.15, -0.1) is 0 Å². The molecule has 1 aromatic heterocycles. The minimum atomic E-state index is 0. The van der Waals surface area contributed by atoms with Crippen LogP contribution >= 0.6 is 0 Å². The van der Waals surface area contributed by atoms with Gasteiger partial charge in [0.2, 0.25) is 5.91 Å². The second kappa shape index (κ2) is 9.76. The highest BCUT2D eigenvalue weighted by atomic mass is 16.2. The number of nitriles is 1. The minimum absolute atomic E-state index is 0. The van der Waals surface area contributed by atoms with Gasteiger partial charge < -0.3 is 10.2 Å². The quantitative estimate of drug-likeness (QED) is 0.802. The van der Waals surface area contributed by atoms with Crippen LogP contribution in [0.5, 0.6) is 0 Å². The highest BCUT2D eigenvalue weighted by Crippen LogP contribution is 2.34. The molecule has 2 atom stereocenters. The van der Waals surface area contributed by atoms with E-state index >= 15 is 0 Å². The fraction of sp³-hybridized carbons (Fsp3) is 0.560. The van der Waals surface area contributed by atoms with Gasteiger partial charge in [0.15, 0.2) is 0 Å². The number of carbonyl (C=O) groups excluding carboxylic acids is 1. The number of benzene rings is 1. The van der Waals surface area contributed by atoms with Crippen molar-refractivity contribution in [2.75, 3.05) is 46.3 Å². The lowest BCUT2D eigenvalue weighted by Gasteiger charge is -2.37. The lowest BCUT2D eigenvalue weighted by atomic mass is 9.83. The van der Waals surface area contributed by atoms with Crippen LogP contribution in [0.25, 0.3) is 10.9 Å².